The first-order chi connectivity index (χ1) is 18.9. The predicted octanol–water partition coefficient (Wildman–Crippen LogP) is 4.79. The van der Waals surface area contributed by atoms with Crippen LogP contribution in [0.25, 0.3) is 0 Å². The lowest BCUT2D eigenvalue weighted by molar-refractivity contribution is 0.0686. The summed E-state index contributed by atoms with van der Waals surface area (Å²) >= 11 is 0. The number of aromatic carboxylic acids is 4. The minimum Gasteiger partial charge on any atom is -0.478 e. The molecule has 0 aliphatic rings. The van der Waals surface area contributed by atoms with Crippen LogP contribution in [-0.2, 0) is 9.84 Å². The molecule has 4 aromatic rings. The Morgan fingerprint density at radius 3 is 1.10 bits per heavy atom. The van der Waals surface area contributed by atoms with Gasteiger partial charge in [0.25, 0.3) is 0 Å². The molecule has 0 atom stereocenters. The topological polar surface area (TPSA) is 193 Å². The predicted molar refractivity (Wildman–Crippen MR) is 139 cm³/mol. The van der Waals surface area contributed by atoms with Gasteiger partial charge in [-0.2, -0.15) is 0 Å². The maximum Gasteiger partial charge on any atom is 0.335 e. The summed E-state index contributed by atoms with van der Waals surface area (Å²) in [6.07, 6.45) is 0. The maximum atomic E-state index is 12.4. The van der Waals surface area contributed by atoms with Gasteiger partial charge in [0.1, 0.15) is 11.5 Å². The molecule has 11 nitrogen and oxygen atoms in total. The van der Waals surface area contributed by atoms with Crippen molar-refractivity contribution in [2.75, 3.05) is 0 Å². The second kappa shape index (κ2) is 12.4. The number of ether oxygens (including phenoxy) is 1. The highest BCUT2D eigenvalue weighted by Crippen LogP contribution is 2.23. The van der Waals surface area contributed by atoms with E-state index in [1.165, 1.54) is 84.9 Å². The number of hydrogen-bond acceptors (Lipinski definition) is 7. The summed E-state index contributed by atoms with van der Waals surface area (Å²) in [7, 11) is -3.98. The van der Waals surface area contributed by atoms with Gasteiger partial charge in [-0.05, 0) is 84.9 Å². The van der Waals surface area contributed by atoms with Gasteiger partial charge in [0, 0.05) is 0 Å². The van der Waals surface area contributed by atoms with Gasteiger partial charge in [-0.1, -0.05) is 12.1 Å². The van der Waals surface area contributed by atoms with Crippen LogP contribution < -0.4 is 4.74 Å². The first kappa shape index (κ1) is 29.1. The summed E-state index contributed by atoms with van der Waals surface area (Å²) in [5.74, 6) is -3.53. The van der Waals surface area contributed by atoms with Crippen molar-refractivity contribution < 1.29 is 52.8 Å². The monoisotopic (exact) mass is 564 g/mol. The molecule has 0 spiro atoms. The van der Waals surface area contributed by atoms with Crippen LogP contribution in [0.3, 0.4) is 0 Å². The highest BCUT2D eigenvalue weighted by molar-refractivity contribution is 7.91. The Bertz CT molecular complexity index is 1560. The molecule has 0 aliphatic heterocycles. The first-order valence-electron chi connectivity index (χ1n) is 11.1. The highest BCUT2D eigenvalue weighted by atomic mass is 32.2. The van der Waals surface area contributed by atoms with Gasteiger partial charge in [0.15, 0.2) is 0 Å². The van der Waals surface area contributed by atoms with E-state index in [0.717, 1.165) is 12.1 Å². The van der Waals surface area contributed by atoms with Crippen molar-refractivity contribution in [1.82, 2.24) is 0 Å². The van der Waals surface area contributed by atoms with Gasteiger partial charge < -0.3 is 25.2 Å². The lowest BCUT2D eigenvalue weighted by atomic mass is 10.2. The van der Waals surface area contributed by atoms with Crippen molar-refractivity contribution in [3.05, 3.63) is 119 Å². The molecular formula is C28H20O11S. The lowest BCUT2D eigenvalue weighted by Gasteiger charge is -2.06. The summed E-state index contributed by atoms with van der Waals surface area (Å²) < 4.78 is 30.3. The van der Waals surface area contributed by atoms with Crippen LogP contribution in [0.1, 0.15) is 41.4 Å². The van der Waals surface area contributed by atoms with E-state index in [1.807, 2.05) is 0 Å². The molecule has 40 heavy (non-hydrogen) atoms. The number of carboxylic acids is 4. The summed E-state index contributed by atoms with van der Waals surface area (Å²) in [4.78, 5) is 42.7. The second-order valence-electron chi connectivity index (χ2n) is 7.93. The van der Waals surface area contributed by atoms with E-state index < -0.39 is 33.7 Å². The maximum absolute atomic E-state index is 12.4. The Morgan fingerprint density at radius 1 is 0.475 bits per heavy atom. The third-order valence-electron chi connectivity index (χ3n) is 5.22. The Labute approximate surface area is 227 Å². The minimum atomic E-state index is -3.98. The fourth-order valence-electron chi connectivity index (χ4n) is 3.20. The summed E-state index contributed by atoms with van der Waals surface area (Å²) in [5, 5.41) is 35.3. The fourth-order valence-corrected chi connectivity index (χ4v) is 4.55. The second-order valence-corrected chi connectivity index (χ2v) is 9.88. The van der Waals surface area contributed by atoms with E-state index in [9.17, 15) is 27.6 Å². The van der Waals surface area contributed by atoms with Crippen molar-refractivity contribution >= 4 is 33.7 Å². The molecule has 0 saturated heterocycles. The molecule has 4 aromatic carbocycles. The minimum absolute atomic E-state index is 0.162. The summed E-state index contributed by atoms with van der Waals surface area (Å²) in [5.41, 5.74) is 0.0260. The van der Waals surface area contributed by atoms with Gasteiger partial charge in [0.05, 0.1) is 32.0 Å². The van der Waals surface area contributed by atoms with E-state index in [2.05, 4.69) is 0 Å². The molecule has 0 aromatic heterocycles. The van der Waals surface area contributed by atoms with Crippen LogP contribution in [0.2, 0.25) is 0 Å². The van der Waals surface area contributed by atoms with Crippen LogP contribution in [-0.4, -0.2) is 52.7 Å². The van der Waals surface area contributed by atoms with E-state index in [4.69, 9.17) is 25.2 Å². The smallest absolute Gasteiger partial charge is 0.335 e. The van der Waals surface area contributed by atoms with Crippen LogP contribution in [0.5, 0.6) is 11.5 Å². The van der Waals surface area contributed by atoms with Crippen LogP contribution in [0.4, 0.5) is 0 Å². The Balaban J connectivity index is 0.000000222. The van der Waals surface area contributed by atoms with Gasteiger partial charge in [-0.25, -0.2) is 27.6 Å². The fraction of sp³-hybridized carbons (Fsp3) is 0. The summed E-state index contributed by atoms with van der Waals surface area (Å²) in [6.45, 7) is 0. The molecule has 0 amide bonds. The van der Waals surface area contributed by atoms with Gasteiger partial charge >= 0.3 is 23.9 Å². The van der Waals surface area contributed by atoms with Crippen LogP contribution in [0.15, 0.2) is 107 Å². The zero-order chi connectivity index (χ0) is 29.4. The molecule has 0 radical (unpaired) electrons. The molecule has 4 rings (SSSR count). The lowest BCUT2D eigenvalue weighted by Crippen LogP contribution is -2.06. The van der Waals surface area contributed by atoms with E-state index in [0.29, 0.717) is 11.5 Å². The Kier molecular flexibility index (Phi) is 8.99. The molecule has 0 aliphatic carbocycles. The normalized spacial score (nSPS) is 10.5. The molecule has 0 fully saturated rings. The number of carboxylic acid groups (broad SMARTS) is 4. The molecule has 0 saturated carbocycles. The third kappa shape index (κ3) is 7.30. The van der Waals surface area contributed by atoms with E-state index >= 15 is 0 Å². The molecule has 4 N–H and O–H groups in total. The Morgan fingerprint density at radius 2 is 0.800 bits per heavy atom. The van der Waals surface area contributed by atoms with Crippen molar-refractivity contribution in [3.8, 4) is 11.5 Å². The van der Waals surface area contributed by atoms with Crippen molar-refractivity contribution in [2.24, 2.45) is 0 Å². The van der Waals surface area contributed by atoms with Crippen LogP contribution >= 0.6 is 0 Å². The van der Waals surface area contributed by atoms with E-state index in [-0.39, 0.29) is 32.0 Å². The molecule has 0 bridgehead atoms. The van der Waals surface area contributed by atoms with Gasteiger partial charge in [0.2, 0.25) is 9.84 Å². The quantitative estimate of drug-likeness (QED) is 0.230. The number of carbonyl (C=O) groups is 4. The average Bonchev–Trinajstić information content (AvgIpc) is 2.94. The molecule has 204 valence electrons. The van der Waals surface area contributed by atoms with Gasteiger partial charge in [-0.3, -0.25) is 0 Å². The first-order valence-corrected chi connectivity index (χ1v) is 12.6. The zero-order valence-electron chi connectivity index (χ0n) is 20.3. The Hall–Kier alpha value is -5.49. The van der Waals surface area contributed by atoms with Crippen molar-refractivity contribution in [1.29, 1.82) is 0 Å². The molecule has 0 unspecified atom stereocenters. The number of rotatable bonds is 8. The van der Waals surface area contributed by atoms with Gasteiger partial charge in [-0.15, -0.1) is 0 Å². The number of benzene rings is 4. The zero-order valence-corrected chi connectivity index (χ0v) is 21.1. The largest absolute Gasteiger partial charge is 0.478 e. The number of hydrogen-bond donors (Lipinski definition) is 4. The summed E-state index contributed by atoms with van der Waals surface area (Å²) in [6, 6.07) is 21.6. The molecule has 0 heterocycles. The third-order valence-corrected chi connectivity index (χ3v) is 6.97. The molecule has 12 heteroatoms. The van der Waals surface area contributed by atoms with Crippen LogP contribution in [0, 0.1) is 0 Å². The van der Waals surface area contributed by atoms with Crippen molar-refractivity contribution in [3.63, 3.8) is 0 Å². The standard InChI is InChI=1S/C14H10O6S.C14H10O5/c15-13(16)9-3-1-5-11(7-9)21(19,20)12-6-2-4-10(8-12)14(17)18;15-13(16)9-1-5-11(6-2-9)19-12-7-3-10(4-8-12)14(17)18/h1-8H,(H,15,16)(H,17,18);1-8H,(H,15,16)(H,17,18). The highest BCUT2D eigenvalue weighted by Gasteiger charge is 2.20. The van der Waals surface area contributed by atoms with E-state index in [1.54, 1.807) is 0 Å². The van der Waals surface area contributed by atoms with Crippen molar-refractivity contribution in [2.45, 2.75) is 9.79 Å². The SMILES string of the molecule is O=C(O)c1ccc(Oc2ccc(C(=O)O)cc2)cc1.O=C(O)c1cccc(S(=O)(=O)c2cccc(C(=O)O)c2)c1. The number of sulfone groups is 1. The molecular weight excluding hydrogens is 544 g/mol. The average molecular weight is 565 g/mol.